The van der Waals surface area contributed by atoms with E-state index in [-0.39, 0.29) is 18.0 Å². The van der Waals surface area contributed by atoms with E-state index in [1.165, 1.54) is 36.2 Å². The summed E-state index contributed by atoms with van der Waals surface area (Å²) < 4.78 is 4.99. The van der Waals surface area contributed by atoms with Gasteiger partial charge in [-0.2, -0.15) is 0 Å². The van der Waals surface area contributed by atoms with E-state index >= 15 is 0 Å². The minimum atomic E-state index is -0.721. The third-order valence-corrected chi connectivity index (χ3v) is 4.19. The van der Waals surface area contributed by atoms with Crippen molar-refractivity contribution in [3.8, 4) is 0 Å². The number of esters is 1. The Morgan fingerprint density at radius 2 is 1.67 bits per heavy atom. The second kappa shape index (κ2) is 10.6. The number of aryl methyl sites for hydroxylation is 1. The van der Waals surface area contributed by atoms with Crippen LogP contribution in [0.1, 0.15) is 22.8 Å². The van der Waals surface area contributed by atoms with Crippen LogP contribution in [0.15, 0.2) is 48.5 Å². The third kappa shape index (κ3) is 6.62. The second-order valence-corrected chi connectivity index (χ2v) is 6.45. The minimum Gasteiger partial charge on any atom is -0.452 e. The molecule has 0 unspecified atom stereocenters. The quantitative estimate of drug-likeness (QED) is 0.571. The maximum Gasteiger partial charge on any atom is 0.338 e. The Labute approximate surface area is 174 Å². The molecule has 2 aromatic carbocycles. The van der Waals surface area contributed by atoms with Gasteiger partial charge in [-0.25, -0.2) is 9.59 Å². The molecule has 30 heavy (non-hydrogen) atoms. The lowest BCUT2D eigenvalue weighted by molar-refractivity contribution is -0.136. The maximum absolute atomic E-state index is 12.2. The molecule has 0 saturated heterocycles. The van der Waals surface area contributed by atoms with Gasteiger partial charge in [0.2, 0.25) is 5.91 Å². The van der Waals surface area contributed by atoms with Crippen molar-refractivity contribution in [2.24, 2.45) is 5.73 Å². The SMILES string of the molecule is CCc1ccccc1NC(=O)CN(C)C(=O)COC(=O)c1ccc(NC(N)=O)cc1. The Morgan fingerprint density at radius 3 is 2.30 bits per heavy atom. The van der Waals surface area contributed by atoms with E-state index in [2.05, 4.69) is 10.6 Å². The van der Waals surface area contributed by atoms with Crippen molar-refractivity contribution in [3.63, 3.8) is 0 Å². The van der Waals surface area contributed by atoms with Gasteiger partial charge in [0.05, 0.1) is 12.1 Å². The normalized spacial score (nSPS) is 10.1. The summed E-state index contributed by atoms with van der Waals surface area (Å²) in [6.45, 7) is 1.30. The molecule has 158 valence electrons. The van der Waals surface area contributed by atoms with Crippen LogP contribution >= 0.6 is 0 Å². The van der Waals surface area contributed by atoms with Crippen molar-refractivity contribution in [2.45, 2.75) is 13.3 Å². The van der Waals surface area contributed by atoms with Crippen LogP contribution in [0, 0.1) is 0 Å². The Balaban J connectivity index is 1.82. The third-order valence-electron chi connectivity index (χ3n) is 4.19. The van der Waals surface area contributed by atoms with Crippen LogP contribution in [0.3, 0.4) is 0 Å². The van der Waals surface area contributed by atoms with Crippen LogP contribution in [0.4, 0.5) is 16.2 Å². The number of ether oxygens (including phenoxy) is 1. The summed E-state index contributed by atoms with van der Waals surface area (Å²) in [5.41, 5.74) is 7.33. The molecular weight excluding hydrogens is 388 g/mol. The molecule has 4 amide bonds. The number of para-hydroxylation sites is 1. The Kier molecular flexibility index (Phi) is 7.92. The van der Waals surface area contributed by atoms with Gasteiger partial charge in [-0.05, 0) is 42.3 Å². The predicted octanol–water partition coefficient (Wildman–Crippen LogP) is 1.99. The molecule has 0 aromatic heterocycles. The smallest absolute Gasteiger partial charge is 0.338 e. The summed E-state index contributed by atoms with van der Waals surface area (Å²) in [5, 5.41) is 5.14. The van der Waals surface area contributed by atoms with Gasteiger partial charge < -0.3 is 26.0 Å². The topological polar surface area (TPSA) is 131 Å². The van der Waals surface area contributed by atoms with Crippen LogP contribution in [-0.2, 0) is 20.7 Å². The van der Waals surface area contributed by atoms with Gasteiger partial charge in [0, 0.05) is 18.4 Å². The lowest BCUT2D eigenvalue weighted by atomic mass is 10.1. The molecular formula is C21H24N4O5. The van der Waals surface area contributed by atoms with Crippen LogP contribution in [-0.4, -0.2) is 48.9 Å². The number of rotatable bonds is 8. The van der Waals surface area contributed by atoms with Crippen molar-refractivity contribution in [2.75, 3.05) is 30.8 Å². The molecule has 0 atom stereocenters. The lowest BCUT2D eigenvalue weighted by Crippen LogP contribution is -2.37. The Bertz CT molecular complexity index is 927. The molecule has 0 spiro atoms. The molecule has 0 fully saturated rings. The molecule has 0 aliphatic rings. The molecule has 2 aromatic rings. The number of nitrogens with one attached hydrogen (secondary N) is 2. The highest BCUT2D eigenvalue weighted by atomic mass is 16.5. The molecule has 0 saturated carbocycles. The van der Waals surface area contributed by atoms with Crippen LogP contribution in [0.5, 0.6) is 0 Å². The van der Waals surface area contributed by atoms with Gasteiger partial charge in [0.25, 0.3) is 5.91 Å². The highest BCUT2D eigenvalue weighted by molar-refractivity contribution is 5.96. The number of carbonyl (C=O) groups excluding carboxylic acids is 4. The van der Waals surface area contributed by atoms with Gasteiger partial charge in [0.15, 0.2) is 6.61 Å². The summed E-state index contributed by atoms with van der Waals surface area (Å²) in [6.07, 6.45) is 0.765. The largest absolute Gasteiger partial charge is 0.452 e. The first kappa shape index (κ1) is 22.4. The average Bonchev–Trinajstić information content (AvgIpc) is 2.72. The lowest BCUT2D eigenvalue weighted by Gasteiger charge is -2.17. The molecule has 0 heterocycles. The number of hydrogen-bond acceptors (Lipinski definition) is 5. The maximum atomic E-state index is 12.2. The number of urea groups is 1. The highest BCUT2D eigenvalue weighted by Crippen LogP contribution is 2.15. The Hall–Kier alpha value is -3.88. The first-order valence-electron chi connectivity index (χ1n) is 9.25. The van der Waals surface area contributed by atoms with E-state index < -0.39 is 24.5 Å². The number of benzene rings is 2. The molecule has 0 bridgehead atoms. The standard InChI is InChI=1S/C21H24N4O5/c1-3-14-6-4-5-7-17(14)24-18(26)12-25(2)19(27)13-30-20(28)15-8-10-16(11-9-15)23-21(22)29/h4-11H,3,12-13H2,1-2H3,(H,24,26)(H3,22,23,29). The molecule has 9 nitrogen and oxygen atoms in total. The van der Waals surface area contributed by atoms with E-state index in [1.54, 1.807) is 6.07 Å². The number of carbonyl (C=O) groups is 4. The molecule has 2 rings (SSSR count). The van der Waals surface area contributed by atoms with Crippen molar-refractivity contribution in [1.82, 2.24) is 4.90 Å². The summed E-state index contributed by atoms with van der Waals surface area (Å²) in [5.74, 6) is -1.58. The van der Waals surface area contributed by atoms with E-state index in [0.29, 0.717) is 11.4 Å². The van der Waals surface area contributed by atoms with Gasteiger partial charge in [0.1, 0.15) is 0 Å². The number of anilines is 2. The van der Waals surface area contributed by atoms with E-state index in [1.807, 2.05) is 25.1 Å². The summed E-state index contributed by atoms with van der Waals surface area (Å²) in [7, 11) is 1.45. The van der Waals surface area contributed by atoms with Gasteiger partial charge >= 0.3 is 12.0 Å². The summed E-state index contributed by atoms with van der Waals surface area (Å²) in [6, 6.07) is 12.5. The van der Waals surface area contributed by atoms with Crippen molar-refractivity contribution in [1.29, 1.82) is 0 Å². The summed E-state index contributed by atoms with van der Waals surface area (Å²) in [4.78, 5) is 48.4. The van der Waals surface area contributed by atoms with Gasteiger partial charge in [-0.15, -0.1) is 0 Å². The molecule has 4 N–H and O–H groups in total. The number of hydrogen-bond donors (Lipinski definition) is 3. The number of nitrogens with zero attached hydrogens (tertiary/aromatic N) is 1. The van der Waals surface area contributed by atoms with E-state index in [9.17, 15) is 19.2 Å². The fourth-order valence-electron chi connectivity index (χ4n) is 2.60. The number of likely N-dealkylation sites (N-methyl/N-ethyl adjacent to an activating group) is 1. The number of nitrogens with two attached hydrogens (primary N) is 1. The molecule has 0 radical (unpaired) electrons. The first-order chi connectivity index (χ1) is 14.3. The van der Waals surface area contributed by atoms with Gasteiger partial charge in [-0.3, -0.25) is 9.59 Å². The minimum absolute atomic E-state index is 0.179. The molecule has 0 aliphatic carbocycles. The first-order valence-corrected chi connectivity index (χ1v) is 9.25. The molecule has 0 aliphatic heterocycles. The number of primary amides is 1. The molecule has 9 heteroatoms. The zero-order chi connectivity index (χ0) is 22.1. The van der Waals surface area contributed by atoms with Crippen LogP contribution in [0.25, 0.3) is 0 Å². The number of amides is 4. The fraction of sp³-hybridized carbons (Fsp3) is 0.238. The predicted molar refractivity (Wildman–Crippen MR) is 112 cm³/mol. The van der Waals surface area contributed by atoms with Crippen LogP contribution in [0.2, 0.25) is 0 Å². The Morgan fingerprint density at radius 1 is 1.00 bits per heavy atom. The van der Waals surface area contributed by atoms with Gasteiger partial charge in [-0.1, -0.05) is 25.1 Å². The summed E-state index contributed by atoms with van der Waals surface area (Å²) >= 11 is 0. The van der Waals surface area contributed by atoms with E-state index in [0.717, 1.165) is 12.0 Å². The zero-order valence-corrected chi connectivity index (χ0v) is 16.8. The van der Waals surface area contributed by atoms with Crippen molar-refractivity contribution >= 4 is 35.2 Å². The second-order valence-electron chi connectivity index (χ2n) is 6.45. The fourth-order valence-corrected chi connectivity index (χ4v) is 2.60. The monoisotopic (exact) mass is 412 g/mol. The zero-order valence-electron chi connectivity index (χ0n) is 16.8. The highest BCUT2D eigenvalue weighted by Gasteiger charge is 2.16. The van der Waals surface area contributed by atoms with Crippen molar-refractivity contribution < 1.29 is 23.9 Å². The van der Waals surface area contributed by atoms with Crippen LogP contribution < -0.4 is 16.4 Å². The van der Waals surface area contributed by atoms with Crippen molar-refractivity contribution in [3.05, 3.63) is 59.7 Å². The average molecular weight is 412 g/mol. The van der Waals surface area contributed by atoms with E-state index in [4.69, 9.17) is 10.5 Å².